The van der Waals surface area contributed by atoms with E-state index in [1.165, 1.54) is 5.69 Å². The Morgan fingerprint density at radius 2 is 1.87 bits per heavy atom. The molecule has 0 radical (unpaired) electrons. The summed E-state index contributed by atoms with van der Waals surface area (Å²) < 4.78 is 10.6. The Kier molecular flexibility index (Phi) is 7.13. The number of nitrogens with zero attached hydrogens (tertiary/aromatic N) is 2. The molecule has 1 aliphatic heterocycles. The fourth-order valence-electron chi connectivity index (χ4n) is 3.54. The molecule has 0 spiro atoms. The predicted molar refractivity (Wildman–Crippen MR) is 115 cm³/mol. The first-order valence-electron chi connectivity index (χ1n) is 9.92. The number of ether oxygens (including phenoxy) is 2. The summed E-state index contributed by atoms with van der Waals surface area (Å²) in [6.07, 6.45) is 0. The van der Waals surface area contributed by atoms with Crippen molar-refractivity contribution in [3.05, 3.63) is 59.8 Å². The summed E-state index contributed by atoms with van der Waals surface area (Å²) in [6, 6.07) is 15.8. The maximum absolute atomic E-state index is 12.1. The number of nitrogens with one attached hydrogen (secondary N) is 1. The van der Waals surface area contributed by atoms with E-state index in [2.05, 4.69) is 39.5 Å². The molecule has 1 saturated heterocycles. The number of pyridine rings is 1. The number of halogens is 1. The molecular weight excluding hydrogens is 402 g/mol. The molecule has 2 heterocycles. The number of hydrogen-bond donors (Lipinski definition) is 1. The number of morpholine rings is 1. The first-order valence-corrected chi connectivity index (χ1v) is 9.92. The van der Waals surface area contributed by atoms with Gasteiger partial charge in [-0.3, -0.25) is 4.98 Å². The number of hydrogen-bond acceptors (Lipinski definition) is 6. The molecule has 0 unspecified atom stereocenters. The minimum atomic E-state index is -0.323. The number of benzene rings is 2. The molecule has 2 aromatic carbocycles. The topological polar surface area (TPSA) is 63.7 Å². The molecule has 1 N–H and O–H groups in total. The average Bonchev–Trinajstić information content (AvgIpc) is 2.75. The average molecular weight is 427 g/mol. The summed E-state index contributed by atoms with van der Waals surface area (Å²) >= 11 is 0. The lowest BCUT2D eigenvalue weighted by Gasteiger charge is -2.29. The molecule has 0 atom stereocenters. The van der Waals surface area contributed by atoms with Crippen LogP contribution in [0.3, 0.4) is 0 Å². The Morgan fingerprint density at radius 1 is 1.13 bits per heavy atom. The predicted octanol–water partition coefficient (Wildman–Crippen LogP) is 1.30. The van der Waals surface area contributed by atoms with E-state index in [4.69, 9.17) is 9.47 Å². The number of fused-ring (bicyclic) bond motifs is 1. The van der Waals surface area contributed by atoms with E-state index < -0.39 is 0 Å². The SMILES string of the molecule is CCOC(=O)c1ccc2nc(C)cc(Nc3ccc(N4CCOCC4)cc3)c2c1.[Cl-]. The molecule has 0 bridgehead atoms. The van der Waals surface area contributed by atoms with Crippen molar-refractivity contribution in [1.29, 1.82) is 0 Å². The van der Waals surface area contributed by atoms with Crippen molar-refractivity contribution in [2.24, 2.45) is 0 Å². The third-order valence-corrected chi connectivity index (χ3v) is 4.97. The van der Waals surface area contributed by atoms with Crippen LogP contribution in [0.2, 0.25) is 0 Å². The van der Waals surface area contributed by atoms with Gasteiger partial charge in [-0.1, -0.05) is 0 Å². The van der Waals surface area contributed by atoms with E-state index in [9.17, 15) is 4.79 Å². The second-order valence-electron chi connectivity index (χ2n) is 7.03. The van der Waals surface area contributed by atoms with Crippen molar-refractivity contribution in [2.75, 3.05) is 43.1 Å². The summed E-state index contributed by atoms with van der Waals surface area (Å²) in [5, 5.41) is 4.37. The van der Waals surface area contributed by atoms with Crippen LogP contribution in [-0.2, 0) is 9.47 Å². The number of carbonyl (C=O) groups excluding carboxylic acids is 1. The van der Waals surface area contributed by atoms with E-state index in [1.54, 1.807) is 13.0 Å². The fourth-order valence-corrected chi connectivity index (χ4v) is 3.54. The highest BCUT2D eigenvalue weighted by Crippen LogP contribution is 2.29. The largest absolute Gasteiger partial charge is 1.00 e. The van der Waals surface area contributed by atoms with Gasteiger partial charge in [0.25, 0.3) is 0 Å². The van der Waals surface area contributed by atoms with Crippen LogP contribution in [0.25, 0.3) is 10.9 Å². The van der Waals surface area contributed by atoms with Gasteiger partial charge in [-0.25, -0.2) is 4.79 Å². The van der Waals surface area contributed by atoms with Crippen LogP contribution in [0.1, 0.15) is 23.0 Å². The van der Waals surface area contributed by atoms with E-state index in [-0.39, 0.29) is 18.4 Å². The minimum Gasteiger partial charge on any atom is -1.00 e. The summed E-state index contributed by atoms with van der Waals surface area (Å²) in [4.78, 5) is 19.0. The van der Waals surface area contributed by atoms with Crippen LogP contribution in [-0.4, -0.2) is 43.9 Å². The maximum atomic E-state index is 12.1. The van der Waals surface area contributed by atoms with Gasteiger partial charge < -0.3 is 32.1 Å². The van der Waals surface area contributed by atoms with Crippen LogP contribution in [0.15, 0.2) is 48.5 Å². The molecule has 1 fully saturated rings. The van der Waals surface area contributed by atoms with Crippen molar-refractivity contribution in [3.63, 3.8) is 0 Å². The Bertz CT molecular complexity index is 1020. The molecule has 0 aliphatic carbocycles. The van der Waals surface area contributed by atoms with E-state index in [0.717, 1.165) is 54.3 Å². The third kappa shape index (κ3) is 4.83. The number of esters is 1. The van der Waals surface area contributed by atoms with E-state index in [0.29, 0.717) is 12.2 Å². The molecule has 0 amide bonds. The molecule has 0 saturated carbocycles. The number of anilines is 3. The summed E-state index contributed by atoms with van der Waals surface area (Å²) in [6.45, 7) is 7.48. The molecule has 4 rings (SSSR count). The van der Waals surface area contributed by atoms with Crippen LogP contribution >= 0.6 is 0 Å². The van der Waals surface area contributed by atoms with E-state index in [1.807, 2.05) is 25.1 Å². The number of aromatic nitrogens is 1. The van der Waals surface area contributed by atoms with Gasteiger partial charge in [-0.2, -0.15) is 0 Å². The van der Waals surface area contributed by atoms with Gasteiger partial charge in [0.15, 0.2) is 0 Å². The summed E-state index contributed by atoms with van der Waals surface area (Å²) in [5.74, 6) is -0.323. The molecule has 6 nitrogen and oxygen atoms in total. The van der Waals surface area contributed by atoms with Gasteiger partial charge in [0.05, 0.1) is 30.9 Å². The lowest BCUT2D eigenvalue weighted by molar-refractivity contribution is -0.0000246. The van der Waals surface area contributed by atoms with Gasteiger partial charge >= 0.3 is 5.97 Å². The Morgan fingerprint density at radius 3 is 2.57 bits per heavy atom. The Labute approximate surface area is 182 Å². The number of carbonyl (C=O) groups is 1. The zero-order valence-electron chi connectivity index (χ0n) is 17.2. The van der Waals surface area contributed by atoms with Gasteiger partial charge in [-0.05, 0) is 62.4 Å². The van der Waals surface area contributed by atoms with Crippen LogP contribution < -0.4 is 22.6 Å². The van der Waals surface area contributed by atoms with Crippen molar-refractivity contribution in [2.45, 2.75) is 13.8 Å². The normalized spacial score (nSPS) is 13.6. The van der Waals surface area contributed by atoms with Crippen molar-refractivity contribution in [3.8, 4) is 0 Å². The molecule has 1 aromatic heterocycles. The highest BCUT2D eigenvalue weighted by molar-refractivity contribution is 5.99. The third-order valence-electron chi connectivity index (χ3n) is 4.97. The van der Waals surface area contributed by atoms with E-state index >= 15 is 0 Å². The monoisotopic (exact) mass is 426 g/mol. The van der Waals surface area contributed by atoms with Crippen LogP contribution in [0.5, 0.6) is 0 Å². The van der Waals surface area contributed by atoms with Gasteiger partial charge in [-0.15, -0.1) is 0 Å². The second kappa shape index (κ2) is 9.78. The van der Waals surface area contributed by atoms with Gasteiger partial charge in [0.2, 0.25) is 0 Å². The van der Waals surface area contributed by atoms with Gasteiger partial charge in [0.1, 0.15) is 0 Å². The second-order valence-corrected chi connectivity index (χ2v) is 7.03. The Hall–Kier alpha value is -2.83. The van der Waals surface area contributed by atoms with Crippen molar-refractivity contribution < 1.29 is 26.7 Å². The lowest BCUT2D eigenvalue weighted by atomic mass is 10.1. The molecule has 30 heavy (non-hydrogen) atoms. The zero-order valence-corrected chi connectivity index (χ0v) is 17.9. The number of rotatable bonds is 5. The quantitative estimate of drug-likeness (QED) is 0.620. The van der Waals surface area contributed by atoms with Crippen LogP contribution in [0.4, 0.5) is 17.1 Å². The Balaban J connectivity index is 0.00000256. The molecule has 1 aliphatic rings. The first kappa shape index (κ1) is 21.9. The highest BCUT2D eigenvalue weighted by Gasteiger charge is 2.13. The molecule has 3 aromatic rings. The smallest absolute Gasteiger partial charge is 0.338 e. The number of aryl methyl sites for hydroxylation is 1. The summed E-state index contributed by atoms with van der Waals surface area (Å²) in [5.41, 5.74) is 5.36. The molecule has 7 heteroatoms. The molecular formula is C23H25ClN3O3-. The van der Waals surface area contributed by atoms with Crippen molar-refractivity contribution >= 4 is 33.9 Å². The molecule has 158 valence electrons. The maximum Gasteiger partial charge on any atom is 0.338 e. The van der Waals surface area contributed by atoms with Crippen molar-refractivity contribution in [1.82, 2.24) is 4.98 Å². The van der Waals surface area contributed by atoms with Gasteiger partial charge in [0, 0.05) is 41.2 Å². The minimum absolute atomic E-state index is 0. The lowest BCUT2D eigenvalue weighted by Crippen LogP contribution is -3.00. The summed E-state index contributed by atoms with van der Waals surface area (Å²) in [7, 11) is 0. The zero-order chi connectivity index (χ0) is 20.2. The first-order chi connectivity index (χ1) is 14.1. The fraction of sp³-hybridized carbons (Fsp3) is 0.304. The highest BCUT2D eigenvalue weighted by atomic mass is 35.5. The standard InChI is InChI=1S/C23H25N3O3.ClH/c1-3-29-23(27)17-4-9-21-20(15-17)22(14-16(2)24-21)25-18-5-7-19(8-6-18)26-10-12-28-13-11-26;/h4-9,14-15H,3,10-13H2,1-2H3,(H,24,25);1H/p-1. The van der Waals surface area contributed by atoms with Crippen LogP contribution in [0, 0.1) is 6.92 Å².